The predicted octanol–water partition coefficient (Wildman–Crippen LogP) is 5.92. The van der Waals surface area contributed by atoms with E-state index in [2.05, 4.69) is 24.3 Å². The van der Waals surface area contributed by atoms with E-state index in [1.54, 1.807) is 0 Å². The monoisotopic (exact) mass is 626 g/mol. The van der Waals surface area contributed by atoms with Gasteiger partial charge in [-0.1, -0.05) is 0 Å². The van der Waals surface area contributed by atoms with E-state index < -0.39 is 21.8 Å². The second-order valence-corrected chi connectivity index (χ2v) is 16.0. The van der Waals surface area contributed by atoms with Crippen LogP contribution in [0, 0.1) is 0 Å². The van der Waals surface area contributed by atoms with E-state index in [0.29, 0.717) is 0 Å². The fourth-order valence-electron chi connectivity index (χ4n) is 3.07. The van der Waals surface area contributed by atoms with E-state index in [9.17, 15) is 0 Å². The van der Waals surface area contributed by atoms with Gasteiger partial charge in [0.2, 0.25) is 0 Å². The molecule has 134 valence electrons. The molecule has 0 saturated heterocycles. The Morgan fingerprint density at radius 1 is 0.481 bits per heavy atom. The third-order valence-corrected chi connectivity index (χ3v) is 16.5. The molecule has 2 aliphatic rings. The molecule has 5 heteroatoms. The molecular weight excluding hydrogens is 615 g/mol. The summed E-state index contributed by atoms with van der Waals surface area (Å²) in [4.78, 5) is 0. The second-order valence-electron chi connectivity index (χ2n) is 6.00. The molecule has 0 atom stereocenters. The molecule has 0 radical (unpaired) electrons. The zero-order valence-electron chi connectivity index (χ0n) is 14.0. The summed E-state index contributed by atoms with van der Waals surface area (Å²) >= 11 is 23.3. The van der Waals surface area contributed by atoms with Gasteiger partial charge in [0.15, 0.2) is 0 Å². The van der Waals surface area contributed by atoms with E-state index in [0.717, 1.165) is 34.5 Å². The van der Waals surface area contributed by atoms with Crippen LogP contribution in [-0.2, 0) is 0 Å². The molecule has 0 bridgehead atoms. The van der Waals surface area contributed by atoms with E-state index in [1.807, 2.05) is 54.6 Å². The molecule has 0 saturated carbocycles. The van der Waals surface area contributed by atoms with Crippen molar-refractivity contribution in [2.24, 2.45) is 0 Å². The minimum atomic E-state index is -2.74. The summed E-state index contributed by atoms with van der Waals surface area (Å²) in [6, 6.07) is 26.1. The SMILES string of the molecule is Clc1cc[c]([Bi]([c]2ccc(Cl)cc2)[c]2c(Cl)c3cccccc-3c2Cl)cc1. The Kier molecular flexibility index (Phi) is 5.98. The van der Waals surface area contributed by atoms with Crippen molar-refractivity contribution in [3.63, 3.8) is 0 Å². The topological polar surface area (TPSA) is 0 Å². The fourth-order valence-corrected chi connectivity index (χ4v) is 14.5. The van der Waals surface area contributed by atoms with Crippen molar-refractivity contribution in [2.45, 2.75) is 0 Å². The van der Waals surface area contributed by atoms with Crippen LogP contribution in [0.25, 0.3) is 11.1 Å². The van der Waals surface area contributed by atoms with Crippen molar-refractivity contribution >= 4 is 78.0 Å². The minimum absolute atomic E-state index is 0.718. The molecule has 0 aromatic heterocycles. The van der Waals surface area contributed by atoms with Crippen LogP contribution in [0.15, 0.2) is 78.9 Å². The summed E-state index contributed by atoms with van der Waals surface area (Å²) < 4.78 is 3.62. The molecule has 0 amide bonds. The Morgan fingerprint density at radius 2 is 0.889 bits per heavy atom. The number of hydrogen-bond donors (Lipinski definition) is 0. The Morgan fingerprint density at radius 3 is 1.30 bits per heavy atom. The van der Waals surface area contributed by atoms with Crippen molar-refractivity contribution < 1.29 is 0 Å². The maximum absolute atomic E-state index is 6.89. The van der Waals surface area contributed by atoms with Crippen molar-refractivity contribution in [3.8, 4) is 11.1 Å². The molecule has 0 heterocycles. The molecule has 0 N–H and O–H groups in total. The van der Waals surface area contributed by atoms with Crippen molar-refractivity contribution in [1.82, 2.24) is 0 Å². The second kappa shape index (κ2) is 8.28. The molecule has 2 aromatic carbocycles. The van der Waals surface area contributed by atoms with E-state index in [1.165, 1.54) is 6.54 Å². The molecule has 0 nitrogen and oxygen atoms in total. The number of fused-ring (bicyclic) bond motifs is 1. The molecule has 0 fully saturated rings. The number of rotatable bonds is 3. The van der Waals surface area contributed by atoms with Gasteiger partial charge < -0.3 is 0 Å². The van der Waals surface area contributed by atoms with Crippen LogP contribution in [0.2, 0.25) is 20.1 Å². The predicted molar refractivity (Wildman–Crippen MR) is 121 cm³/mol. The van der Waals surface area contributed by atoms with Crippen LogP contribution in [0.5, 0.6) is 0 Å². The molecule has 2 aliphatic carbocycles. The van der Waals surface area contributed by atoms with Gasteiger partial charge in [-0.25, -0.2) is 0 Å². The first-order chi connectivity index (χ1) is 13.1. The van der Waals surface area contributed by atoms with Gasteiger partial charge in [0.25, 0.3) is 0 Å². The van der Waals surface area contributed by atoms with Gasteiger partial charge in [0.1, 0.15) is 0 Å². The Balaban J connectivity index is 2.00. The summed E-state index contributed by atoms with van der Waals surface area (Å²) in [5, 5.41) is 2.95. The number of halogens is 4. The van der Waals surface area contributed by atoms with Gasteiger partial charge in [-0.05, 0) is 0 Å². The molecule has 27 heavy (non-hydrogen) atoms. The van der Waals surface area contributed by atoms with Crippen molar-refractivity contribution in [2.75, 3.05) is 0 Å². The van der Waals surface area contributed by atoms with Gasteiger partial charge in [-0.2, -0.15) is 0 Å². The van der Waals surface area contributed by atoms with Crippen LogP contribution in [0.4, 0.5) is 0 Å². The third-order valence-electron chi connectivity index (χ3n) is 4.32. The van der Waals surface area contributed by atoms with E-state index in [-0.39, 0.29) is 0 Å². The molecule has 0 aliphatic heterocycles. The zero-order valence-corrected chi connectivity index (χ0v) is 20.5. The molecular formula is C22H13BiCl4. The molecule has 2 aromatic rings. The van der Waals surface area contributed by atoms with Crippen LogP contribution >= 0.6 is 46.4 Å². The van der Waals surface area contributed by atoms with Crippen molar-refractivity contribution in [3.05, 3.63) is 99.0 Å². The molecule has 0 spiro atoms. The van der Waals surface area contributed by atoms with E-state index >= 15 is 0 Å². The van der Waals surface area contributed by atoms with Crippen molar-refractivity contribution in [1.29, 1.82) is 0 Å². The van der Waals surface area contributed by atoms with Gasteiger partial charge in [-0.3, -0.25) is 0 Å². The summed E-state index contributed by atoms with van der Waals surface area (Å²) in [6.07, 6.45) is 0. The standard InChI is InChI=1S/C10H5Cl2.2C6H4Cl.Bi/c11-9-6-10(12)8-5-3-1-2-4-7(8)9;2*7-6-4-2-1-3-5-6;/h1-5H;2*2-5H;. The first-order valence-corrected chi connectivity index (χ1v) is 15.0. The van der Waals surface area contributed by atoms with Crippen LogP contribution in [-0.4, -0.2) is 21.8 Å². The Hall–Kier alpha value is -0.817. The average Bonchev–Trinajstić information content (AvgIpc) is 2.85. The first kappa shape index (κ1) is 19.5. The first-order valence-electron chi connectivity index (χ1n) is 8.23. The quantitative estimate of drug-likeness (QED) is 0.248. The van der Waals surface area contributed by atoms with E-state index in [4.69, 9.17) is 46.4 Å². The number of benzene rings is 2. The maximum atomic E-state index is 6.89. The van der Waals surface area contributed by atoms with Crippen LogP contribution in [0.1, 0.15) is 0 Å². The zero-order chi connectivity index (χ0) is 19.0. The van der Waals surface area contributed by atoms with Gasteiger partial charge in [-0.15, -0.1) is 0 Å². The third kappa shape index (κ3) is 3.86. The Bertz CT molecular complexity index is 976. The normalized spacial score (nSPS) is 11.3. The summed E-state index contributed by atoms with van der Waals surface area (Å²) in [7, 11) is 0. The van der Waals surface area contributed by atoms with Gasteiger partial charge in [0, 0.05) is 0 Å². The average molecular weight is 628 g/mol. The summed E-state index contributed by atoms with van der Waals surface area (Å²) in [5.74, 6) is 0. The number of hydrogen-bond acceptors (Lipinski definition) is 0. The summed E-state index contributed by atoms with van der Waals surface area (Å²) in [5.41, 5.74) is 1.98. The van der Waals surface area contributed by atoms with Crippen LogP contribution < -0.4 is 9.81 Å². The molecule has 4 rings (SSSR count). The Labute approximate surface area is 186 Å². The van der Waals surface area contributed by atoms with Gasteiger partial charge >= 0.3 is 188 Å². The van der Waals surface area contributed by atoms with Gasteiger partial charge in [0.05, 0.1) is 0 Å². The molecule has 0 unspecified atom stereocenters. The summed E-state index contributed by atoms with van der Waals surface area (Å²) in [6.45, 7) is 0. The fraction of sp³-hybridized carbons (Fsp3) is 0. The van der Waals surface area contributed by atoms with Crippen LogP contribution in [0.3, 0.4) is 0 Å².